The van der Waals surface area contributed by atoms with Crippen molar-refractivity contribution >= 4 is 5.69 Å². The van der Waals surface area contributed by atoms with Gasteiger partial charge in [-0.25, -0.2) is 0 Å². The van der Waals surface area contributed by atoms with Crippen LogP contribution >= 0.6 is 0 Å². The Hall–Kier alpha value is -1.73. The maximum absolute atomic E-state index is 8.61. The Balaban J connectivity index is 2.54. The van der Waals surface area contributed by atoms with Crippen LogP contribution in [0.1, 0.15) is 12.5 Å². The summed E-state index contributed by atoms with van der Waals surface area (Å²) in [5.74, 6) is 0.721. The van der Waals surface area contributed by atoms with Gasteiger partial charge in [0.2, 0.25) is 0 Å². The van der Waals surface area contributed by atoms with Crippen LogP contribution in [0.2, 0.25) is 0 Å². The van der Waals surface area contributed by atoms with E-state index in [0.29, 0.717) is 31.9 Å². The molecule has 1 aromatic rings. The smallest absolute Gasteiger partial charge is 0.119 e. The fourth-order valence-electron chi connectivity index (χ4n) is 1.27. The SMILES string of the molecule is CCOCCOc1ccc(N)c(CC#N)c1. The third-order valence-corrected chi connectivity index (χ3v) is 2.08. The van der Waals surface area contributed by atoms with Gasteiger partial charge in [0.15, 0.2) is 0 Å². The standard InChI is InChI=1S/C12H16N2O2/c1-2-15-7-8-16-11-3-4-12(14)10(9-11)5-6-13/h3-4,9H,2,5,7-8,14H2,1H3. The highest BCUT2D eigenvalue weighted by Crippen LogP contribution is 2.19. The van der Waals surface area contributed by atoms with Crippen LogP contribution in [0.4, 0.5) is 5.69 Å². The van der Waals surface area contributed by atoms with Gasteiger partial charge in [-0.2, -0.15) is 5.26 Å². The summed E-state index contributed by atoms with van der Waals surface area (Å²) < 4.78 is 10.6. The molecule has 86 valence electrons. The predicted molar refractivity (Wildman–Crippen MR) is 62.2 cm³/mol. The summed E-state index contributed by atoms with van der Waals surface area (Å²) in [6.07, 6.45) is 0.300. The van der Waals surface area contributed by atoms with E-state index in [2.05, 4.69) is 6.07 Å². The van der Waals surface area contributed by atoms with Crippen molar-refractivity contribution in [2.24, 2.45) is 0 Å². The van der Waals surface area contributed by atoms with Crippen LogP contribution in [0.5, 0.6) is 5.75 Å². The highest BCUT2D eigenvalue weighted by Gasteiger charge is 2.01. The number of ether oxygens (including phenoxy) is 2. The van der Waals surface area contributed by atoms with Crippen LogP contribution in [-0.2, 0) is 11.2 Å². The first-order chi connectivity index (χ1) is 7.77. The Kier molecular flexibility index (Phi) is 5.17. The molecule has 4 heteroatoms. The van der Waals surface area contributed by atoms with Crippen molar-refractivity contribution in [3.05, 3.63) is 23.8 Å². The monoisotopic (exact) mass is 220 g/mol. The normalized spacial score (nSPS) is 9.75. The van der Waals surface area contributed by atoms with Crippen molar-refractivity contribution in [2.75, 3.05) is 25.6 Å². The second-order valence-corrected chi connectivity index (χ2v) is 3.24. The van der Waals surface area contributed by atoms with Crippen LogP contribution in [-0.4, -0.2) is 19.8 Å². The first-order valence-corrected chi connectivity index (χ1v) is 5.23. The summed E-state index contributed by atoms with van der Waals surface area (Å²) in [6, 6.07) is 7.41. The van der Waals surface area contributed by atoms with E-state index >= 15 is 0 Å². The Morgan fingerprint density at radius 1 is 1.38 bits per heavy atom. The summed E-state index contributed by atoms with van der Waals surface area (Å²) in [5, 5.41) is 8.61. The lowest BCUT2D eigenvalue weighted by molar-refractivity contribution is 0.110. The summed E-state index contributed by atoms with van der Waals surface area (Å²) in [6.45, 7) is 3.69. The number of nitrogens with two attached hydrogens (primary N) is 1. The Labute approximate surface area is 95.6 Å². The third-order valence-electron chi connectivity index (χ3n) is 2.08. The topological polar surface area (TPSA) is 68.3 Å². The van der Waals surface area contributed by atoms with Crippen LogP contribution < -0.4 is 10.5 Å². The van der Waals surface area contributed by atoms with Crippen LogP contribution in [0.3, 0.4) is 0 Å². The highest BCUT2D eigenvalue weighted by molar-refractivity contribution is 5.51. The molecular formula is C12H16N2O2. The summed E-state index contributed by atoms with van der Waals surface area (Å²) in [5.41, 5.74) is 7.15. The molecule has 0 bridgehead atoms. The van der Waals surface area contributed by atoms with Crippen molar-refractivity contribution in [2.45, 2.75) is 13.3 Å². The molecule has 0 heterocycles. The molecule has 0 atom stereocenters. The number of rotatable bonds is 6. The molecule has 0 fully saturated rings. The molecule has 1 rings (SSSR count). The first-order valence-electron chi connectivity index (χ1n) is 5.23. The number of benzene rings is 1. The highest BCUT2D eigenvalue weighted by atomic mass is 16.5. The maximum atomic E-state index is 8.61. The summed E-state index contributed by atoms with van der Waals surface area (Å²) >= 11 is 0. The largest absolute Gasteiger partial charge is 0.491 e. The van der Waals surface area contributed by atoms with Gasteiger partial charge in [0.25, 0.3) is 0 Å². The van der Waals surface area contributed by atoms with Crippen LogP contribution in [0.15, 0.2) is 18.2 Å². The minimum Gasteiger partial charge on any atom is -0.491 e. The van der Waals surface area contributed by atoms with Crippen LogP contribution in [0, 0.1) is 11.3 Å². The third kappa shape index (κ3) is 3.79. The van der Waals surface area contributed by atoms with E-state index in [-0.39, 0.29) is 0 Å². The second kappa shape index (κ2) is 6.70. The van der Waals surface area contributed by atoms with Gasteiger partial charge in [-0.3, -0.25) is 0 Å². The number of nitriles is 1. The van der Waals surface area contributed by atoms with Gasteiger partial charge in [-0.15, -0.1) is 0 Å². The molecule has 0 saturated heterocycles. The molecular weight excluding hydrogens is 204 g/mol. The molecule has 0 aliphatic carbocycles. The van der Waals surface area contributed by atoms with Gasteiger partial charge < -0.3 is 15.2 Å². The van der Waals surface area contributed by atoms with Gasteiger partial charge >= 0.3 is 0 Å². The predicted octanol–water partition coefficient (Wildman–Crippen LogP) is 1.75. The number of hydrogen-bond donors (Lipinski definition) is 1. The Morgan fingerprint density at radius 2 is 2.19 bits per heavy atom. The number of nitrogen functional groups attached to an aromatic ring is 1. The van der Waals surface area contributed by atoms with Gasteiger partial charge in [0, 0.05) is 12.3 Å². The first kappa shape index (κ1) is 12.3. The van der Waals surface area contributed by atoms with Gasteiger partial charge in [-0.1, -0.05) is 0 Å². The quantitative estimate of drug-likeness (QED) is 0.585. The van der Waals surface area contributed by atoms with Gasteiger partial charge in [0.05, 0.1) is 19.1 Å². The van der Waals surface area contributed by atoms with E-state index < -0.39 is 0 Å². The molecule has 4 nitrogen and oxygen atoms in total. The number of anilines is 1. The lowest BCUT2D eigenvalue weighted by atomic mass is 10.1. The average Bonchev–Trinajstić information content (AvgIpc) is 2.29. The lowest BCUT2D eigenvalue weighted by Gasteiger charge is -2.08. The fraction of sp³-hybridized carbons (Fsp3) is 0.417. The molecule has 0 radical (unpaired) electrons. The Morgan fingerprint density at radius 3 is 2.88 bits per heavy atom. The maximum Gasteiger partial charge on any atom is 0.119 e. The minimum atomic E-state index is 0.300. The molecule has 0 aliphatic rings. The summed E-state index contributed by atoms with van der Waals surface area (Å²) in [4.78, 5) is 0. The van der Waals surface area contributed by atoms with Crippen LogP contribution in [0.25, 0.3) is 0 Å². The van der Waals surface area contributed by atoms with E-state index in [0.717, 1.165) is 11.3 Å². The lowest BCUT2D eigenvalue weighted by Crippen LogP contribution is -2.06. The van der Waals surface area contributed by atoms with Crippen molar-refractivity contribution in [3.63, 3.8) is 0 Å². The number of nitrogens with zero attached hydrogens (tertiary/aromatic N) is 1. The number of hydrogen-bond acceptors (Lipinski definition) is 4. The van der Waals surface area contributed by atoms with E-state index in [1.807, 2.05) is 6.92 Å². The van der Waals surface area contributed by atoms with E-state index in [4.69, 9.17) is 20.5 Å². The molecule has 0 spiro atoms. The summed E-state index contributed by atoms with van der Waals surface area (Å²) in [7, 11) is 0. The molecule has 1 aromatic carbocycles. The zero-order valence-corrected chi connectivity index (χ0v) is 9.40. The molecule has 2 N–H and O–H groups in total. The molecule has 0 aromatic heterocycles. The zero-order valence-electron chi connectivity index (χ0n) is 9.40. The molecule has 16 heavy (non-hydrogen) atoms. The van der Waals surface area contributed by atoms with Crippen molar-refractivity contribution in [1.29, 1.82) is 5.26 Å². The molecule has 0 saturated carbocycles. The average molecular weight is 220 g/mol. The van der Waals surface area contributed by atoms with E-state index in [1.165, 1.54) is 0 Å². The molecule has 0 aliphatic heterocycles. The zero-order chi connectivity index (χ0) is 11.8. The molecule has 0 unspecified atom stereocenters. The Bertz CT molecular complexity index is 372. The van der Waals surface area contributed by atoms with Gasteiger partial charge in [0.1, 0.15) is 12.4 Å². The van der Waals surface area contributed by atoms with Crippen molar-refractivity contribution in [3.8, 4) is 11.8 Å². The molecule has 0 amide bonds. The van der Waals surface area contributed by atoms with E-state index in [9.17, 15) is 0 Å². The fourth-order valence-corrected chi connectivity index (χ4v) is 1.27. The second-order valence-electron chi connectivity index (χ2n) is 3.24. The minimum absolute atomic E-state index is 0.300. The van der Waals surface area contributed by atoms with E-state index in [1.54, 1.807) is 18.2 Å². The van der Waals surface area contributed by atoms with Crippen molar-refractivity contribution in [1.82, 2.24) is 0 Å². The van der Waals surface area contributed by atoms with Gasteiger partial charge in [-0.05, 0) is 30.7 Å². The van der Waals surface area contributed by atoms with Crippen molar-refractivity contribution < 1.29 is 9.47 Å².